The summed E-state index contributed by atoms with van der Waals surface area (Å²) in [5.74, 6) is 0.705. The Balaban J connectivity index is 2.12. The van der Waals surface area contributed by atoms with E-state index in [1.165, 1.54) is 38.8 Å². The molecule has 1 aliphatic carbocycles. The molecule has 96 valence electrons. The first kappa shape index (κ1) is 12.7. The van der Waals surface area contributed by atoms with Gasteiger partial charge >= 0.3 is 0 Å². The number of hydrogen-bond acceptors (Lipinski definition) is 1. The molecule has 1 heterocycles. The second-order valence-corrected chi connectivity index (χ2v) is 6.68. The molecule has 1 aliphatic heterocycles. The molecule has 1 heteroatoms. The van der Waals surface area contributed by atoms with Crippen LogP contribution in [-0.2, 0) is 0 Å². The molecule has 0 aromatic rings. The van der Waals surface area contributed by atoms with Gasteiger partial charge < -0.3 is 4.90 Å². The Morgan fingerprint density at radius 1 is 1.06 bits per heavy atom. The zero-order chi connectivity index (χ0) is 12.5. The molecule has 0 aromatic heterocycles. The molecule has 0 saturated carbocycles. The smallest absolute Gasteiger partial charge is 0.0175 e. The minimum absolute atomic E-state index is 0.323. The van der Waals surface area contributed by atoms with E-state index in [0.29, 0.717) is 11.3 Å². The summed E-state index contributed by atoms with van der Waals surface area (Å²) in [6.07, 6.45) is 10.2. The fourth-order valence-electron chi connectivity index (χ4n) is 3.25. The van der Waals surface area contributed by atoms with Crippen LogP contribution < -0.4 is 0 Å². The summed E-state index contributed by atoms with van der Waals surface area (Å²) in [4.78, 5) is 2.61. The first-order chi connectivity index (χ1) is 7.98. The quantitative estimate of drug-likeness (QED) is 0.650. The Kier molecular flexibility index (Phi) is 3.65. The van der Waals surface area contributed by atoms with Crippen LogP contribution in [0.1, 0.15) is 53.4 Å². The van der Waals surface area contributed by atoms with Crippen LogP contribution in [0.2, 0.25) is 0 Å². The minimum atomic E-state index is 0.323. The van der Waals surface area contributed by atoms with Gasteiger partial charge in [0.25, 0.3) is 0 Å². The summed E-state index contributed by atoms with van der Waals surface area (Å²) in [5, 5.41) is 0. The average molecular weight is 233 g/mol. The van der Waals surface area contributed by atoms with Gasteiger partial charge in [-0.2, -0.15) is 0 Å². The average Bonchev–Trinajstić information content (AvgIpc) is 2.28. The monoisotopic (exact) mass is 233 g/mol. The topological polar surface area (TPSA) is 3.24 Å². The summed E-state index contributed by atoms with van der Waals surface area (Å²) in [5.41, 5.74) is 3.51. The molecule has 0 amide bonds. The maximum atomic E-state index is 2.61. The van der Waals surface area contributed by atoms with Gasteiger partial charge in [0.15, 0.2) is 0 Å². The van der Waals surface area contributed by atoms with E-state index < -0.39 is 0 Å². The minimum Gasteiger partial charge on any atom is -0.375 e. The number of hydrogen-bond donors (Lipinski definition) is 0. The Morgan fingerprint density at radius 3 is 2.24 bits per heavy atom. The summed E-state index contributed by atoms with van der Waals surface area (Å²) >= 11 is 0. The molecule has 0 aromatic carbocycles. The van der Waals surface area contributed by atoms with Crippen molar-refractivity contribution in [3.05, 3.63) is 23.4 Å². The van der Waals surface area contributed by atoms with Crippen molar-refractivity contribution in [2.45, 2.75) is 53.4 Å². The van der Waals surface area contributed by atoms with E-state index >= 15 is 0 Å². The lowest BCUT2D eigenvalue weighted by molar-refractivity contribution is 0.265. The van der Waals surface area contributed by atoms with Crippen LogP contribution in [0.15, 0.2) is 23.4 Å². The number of piperidine rings is 1. The Hall–Kier alpha value is -0.720. The maximum Gasteiger partial charge on any atom is 0.0175 e. The van der Waals surface area contributed by atoms with Crippen LogP contribution >= 0.6 is 0 Å². The standard InChI is InChI=1S/C16H27N/c1-13-12-14(17-10-6-5-7-11-17)8-9-15(13)16(2,3)4/h8-9,13H,5-7,10-12H2,1-4H3. The second kappa shape index (κ2) is 4.88. The molecular formula is C16H27N. The molecule has 0 spiro atoms. The van der Waals surface area contributed by atoms with E-state index in [0.717, 1.165) is 0 Å². The van der Waals surface area contributed by atoms with Crippen molar-refractivity contribution < 1.29 is 0 Å². The van der Waals surface area contributed by atoms with Crippen molar-refractivity contribution >= 4 is 0 Å². The van der Waals surface area contributed by atoms with Crippen LogP contribution in [0, 0.1) is 11.3 Å². The number of allylic oxidation sites excluding steroid dienone is 4. The Labute approximate surface area is 107 Å². The van der Waals surface area contributed by atoms with Crippen molar-refractivity contribution in [3.63, 3.8) is 0 Å². The molecule has 0 radical (unpaired) electrons. The zero-order valence-electron chi connectivity index (χ0n) is 11.9. The van der Waals surface area contributed by atoms with Gasteiger partial charge in [-0.3, -0.25) is 0 Å². The van der Waals surface area contributed by atoms with Crippen molar-refractivity contribution in [1.29, 1.82) is 0 Å². The van der Waals surface area contributed by atoms with Crippen molar-refractivity contribution in [1.82, 2.24) is 4.90 Å². The lowest BCUT2D eigenvalue weighted by Crippen LogP contribution is -2.31. The highest BCUT2D eigenvalue weighted by molar-refractivity contribution is 5.29. The fourth-order valence-corrected chi connectivity index (χ4v) is 3.25. The molecule has 2 rings (SSSR count). The van der Waals surface area contributed by atoms with Gasteiger partial charge in [0.1, 0.15) is 0 Å². The Bertz CT molecular complexity index is 324. The highest BCUT2D eigenvalue weighted by atomic mass is 15.1. The van der Waals surface area contributed by atoms with Gasteiger partial charge in [-0.25, -0.2) is 0 Å². The first-order valence-corrected chi connectivity index (χ1v) is 7.14. The molecule has 0 N–H and O–H groups in total. The highest BCUT2D eigenvalue weighted by Crippen LogP contribution is 2.38. The number of nitrogens with zero attached hydrogens (tertiary/aromatic N) is 1. The third-order valence-electron chi connectivity index (χ3n) is 4.13. The van der Waals surface area contributed by atoms with Crippen LogP contribution in [0.5, 0.6) is 0 Å². The van der Waals surface area contributed by atoms with E-state index in [-0.39, 0.29) is 0 Å². The van der Waals surface area contributed by atoms with Crippen molar-refractivity contribution in [3.8, 4) is 0 Å². The summed E-state index contributed by atoms with van der Waals surface area (Å²) in [6, 6.07) is 0. The fraction of sp³-hybridized carbons (Fsp3) is 0.750. The molecule has 1 fully saturated rings. The molecule has 1 unspecified atom stereocenters. The van der Waals surface area contributed by atoms with Gasteiger partial charge in [0, 0.05) is 18.8 Å². The van der Waals surface area contributed by atoms with E-state index in [9.17, 15) is 0 Å². The largest absolute Gasteiger partial charge is 0.375 e. The van der Waals surface area contributed by atoms with Gasteiger partial charge in [-0.1, -0.05) is 39.3 Å². The molecule has 1 saturated heterocycles. The van der Waals surface area contributed by atoms with Gasteiger partial charge in [0.2, 0.25) is 0 Å². The highest BCUT2D eigenvalue weighted by Gasteiger charge is 2.26. The molecular weight excluding hydrogens is 206 g/mol. The summed E-state index contributed by atoms with van der Waals surface area (Å²) in [6.45, 7) is 11.9. The predicted molar refractivity (Wildman–Crippen MR) is 74.8 cm³/mol. The molecule has 1 nitrogen and oxygen atoms in total. The van der Waals surface area contributed by atoms with E-state index in [1.807, 2.05) is 0 Å². The van der Waals surface area contributed by atoms with Crippen LogP contribution in [0.25, 0.3) is 0 Å². The second-order valence-electron chi connectivity index (χ2n) is 6.68. The van der Waals surface area contributed by atoms with Crippen LogP contribution in [0.4, 0.5) is 0 Å². The number of likely N-dealkylation sites (tertiary alicyclic amines) is 1. The molecule has 1 atom stereocenters. The van der Waals surface area contributed by atoms with Crippen molar-refractivity contribution in [2.75, 3.05) is 13.1 Å². The van der Waals surface area contributed by atoms with E-state index in [2.05, 4.69) is 44.7 Å². The summed E-state index contributed by atoms with van der Waals surface area (Å²) < 4.78 is 0. The molecule has 17 heavy (non-hydrogen) atoms. The Morgan fingerprint density at radius 2 is 1.71 bits per heavy atom. The first-order valence-electron chi connectivity index (χ1n) is 7.14. The lowest BCUT2D eigenvalue weighted by Gasteiger charge is -2.37. The summed E-state index contributed by atoms with van der Waals surface area (Å²) in [7, 11) is 0. The normalized spacial score (nSPS) is 26.6. The van der Waals surface area contributed by atoms with E-state index in [4.69, 9.17) is 0 Å². The van der Waals surface area contributed by atoms with Gasteiger partial charge in [-0.15, -0.1) is 0 Å². The van der Waals surface area contributed by atoms with Gasteiger partial charge in [0.05, 0.1) is 0 Å². The lowest BCUT2D eigenvalue weighted by atomic mass is 9.75. The van der Waals surface area contributed by atoms with Crippen molar-refractivity contribution in [2.24, 2.45) is 11.3 Å². The third kappa shape index (κ3) is 2.94. The zero-order valence-corrected chi connectivity index (χ0v) is 11.9. The predicted octanol–water partition coefficient (Wildman–Crippen LogP) is 4.37. The maximum absolute atomic E-state index is 2.61. The van der Waals surface area contributed by atoms with Crippen LogP contribution in [0.3, 0.4) is 0 Å². The van der Waals surface area contributed by atoms with Crippen LogP contribution in [-0.4, -0.2) is 18.0 Å². The van der Waals surface area contributed by atoms with E-state index in [1.54, 1.807) is 11.3 Å². The SMILES string of the molecule is CC1CC(N2CCCCC2)=CC=C1C(C)(C)C. The van der Waals surface area contributed by atoms with Gasteiger partial charge in [-0.05, 0) is 43.1 Å². The number of rotatable bonds is 1. The third-order valence-corrected chi connectivity index (χ3v) is 4.13. The molecule has 2 aliphatic rings. The molecule has 0 bridgehead atoms.